The highest BCUT2D eigenvalue weighted by Gasteiger charge is 2.22. The second kappa shape index (κ2) is 9.52. The zero-order valence-electron chi connectivity index (χ0n) is 14.7. The maximum Gasteiger partial charge on any atom is 0.407 e. The van der Waals surface area contributed by atoms with Crippen molar-refractivity contribution < 1.29 is 19.4 Å². The molecule has 2 N–H and O–H groups in total. The Bertz CT molecular complexity index is 501. The molecule has 0 bridgehead atoms. The molecule has 1 aromatic carbocycles. The molecule has 0 heterocycles. The predicted octanol–water partition coefficient (Wildman–Crippen LogP) is 3.29. The van der Waals surface area contributed by atoms with Crippen molar-refractivity contribution in [2.75, 3.05) is 13.2 Å². The molecular weight excluding hydrogens is 306 g/mol. The predicted molar refractivity (Wildman–Crippen MR) is 93.2 cm³/mol. The van der Waals surface area contributed by atoms with Crippen molar-refractivity contribution in [3.63, 3.8) is 0 Å². The van der Waals surface area contributed by atoms with Gasteiger partial charge in [0.05, 0.1) is 18.8 Å². The molecule has 0 unspecified atom stereocenters. The lowest BCUT2D eigenvalue weighted by molar-refractivity contribution is 0.0700. The van der Waals surface area contributed by atoms with Crippen molar-refractivity contribution in [3.8, 4) is 5.75 Å². The van der Waals surface area contributed by atoms with Gasteiger partial charge in [0.15, 0.2) is 0 Å². The van der Waals surface area contributed by atoms with E-state index in [9.17, 15) is 9.90 Å². The minimum absolute atomic E-state index is 0.124. The van der Waals surface area contributed by atoms with Crippen LogP contribution in [0.4, 0.5) is 4.79 Å². The Morgan fingerprint density at radius 1 is 1.25 bits per heavy atom. The molecule has 0 radical (unpaired) electrons. The van der Waals surface area contributed by atoms with Crippen LogP contribution in [-0.4, -0.2) is 36.6 Å². The number of aliphatic hydroxyl groups excluding tert-OH is 1. The van der Waals surface area contributed by atoms with Gasteiger partial charge in [-0.05, 0) is 56.7 Å². The van der Waals surface area contributed by atoms with E-state index in [0.29, 0.717) is 19.1 Å². The maximum absolute atomic E-state index is 11.3. The molecule has 2 atom stereocenters. The second-order valence-corrected chi connectivity index (χ2v) is 6.69. The van der Waals surface area contributed by atoms with E-state index in [4.69, 9.17) is 9.47 Å². The summed E-state index contributed by atoms with van der Waals surface area (Å²) >= 11 is 0. The quantitative estimate of drug-likeness (QED) is 0.750. The first-order valence-electron chi connectivity index (χ1n) is 8.89. The van der Waals surface area contributed by atoms with Gasteiger partial charge in [-0.25, -0.2) is 4.79 Å². The van der Waals surface area contributed by atoms with Crippen LogP contribution in [0.25, 0.3) is 0 Å². The summed E-state index contributed by atoms with van der Waals surface area (Å²) in [4.78, 5) is 11.3. The molecule has 1 aliphatic carbocycles. The van der Waals surface area contributed by atoms with Crippen molar-refractivity contribution in [3.05, 3.63) is 29.8 Å². The molecule has 5 heteroatoms. The fourth-order valence-electron chi connectivity index (χ4n) is 3.03. The van der Waals surface area contributed by atoms with Crippen LogP contribution in [0.1, 0.15) is 45.1 Å². The van der Waals surface area contributed by atoms with E-state index in [1.54, 1.807) is 0 Å². The monoisotopic (exact) mass is 335 g/mol. The normalized spacial score (nSPS) is 20.7. The van der Waals surface area contributed by atoms with Crippen LogP contribution >= 0.6 is 0 Å². The minimum atomic E-state index is -0.421. The van der Waals surface area contributed by atoms with Gasteiger partial charge < -0.3 is 19.9 Å². The molecule has 2 rings (SSSR count). The highest BCUT2D eigenvalue weighted by Crippen LogP contribution is 2.27. The first kappa shape index (κ1) is 18.6. The molecule has 5 nitrogen and oxygen atoms in total. The summed E-state index contributed by atoms with van der Waals surface area (Å²) < 4.78 is 10.6. The smallest absolute Gasteiger partial charge is 0.407 e. The Morgan fingerprint density at radius 3 is 2.62 bits per heavy atom. The van der Waals surface area contributed by atoms with E-state index in [0.717, 1.165) is 31.4 Å². The van der Waals surface area contributed by atoms with Crippen LogP contribution in [0, 0.1) is 5.92 Å². The van der Waals surface area contributed by atoms with E-state index in [1.165, 1.54) is 12.0 Å². The van der Waals surface area contributed by atoms with Gasteiger partial charge in [0.2, 0.25) is 0 Å². The topological polar surface area (TPSA) is 67.8 Å². The number of rotatable bonds is 7. The molecule has 1 aromatic rings. The Balaban J connectivity index is 1.69. The van der Waals surface area contributed by atoms with Gasteiger partial charge in [-0.15, -0.1) is 0 Å². The molecular formula is C19H29NO4. The van der Waals surface area contributed by atoms with E-state index in [-0.39, 0.29) is 12.2 Å². The van der Waals surface area contributed by atoms with Crippen LogP contribution in [0.5, 0.6) is 5.75 Å². The fourth-order valence-corrected chi connectivity index (χ4v) is 3.03. The average Bonchev–Trinajstić information content (AvgIpc) is 2.54. The SMILES string of the molecule is CC(C)OC(=O)NCCOc1ccc(C[C@@H]2CCCC[C@H]2O)cc1. The lowest BCUT2D eigenvalue weighted by atomic mass is 9.82. The van der Waals surface area contributed by atoms with Crippen LogP contribution < -0.4 is 10.1 Å². The summed E-state index contributed by atoms with van der Waals surface area (Å²) in [7, 11) is 0. The van der Waals surface area contributed by atoms with Crippen molar-refractivity contribution in [2.45, 2.75) is 58.2 Å². The lowest BCUT2D eigenvalue weighted by Crippen LogP contribution is -2.30. The number of nitrogens with one attached hydrogen (secondary N) is 1. The van der Waals surface area contributed by atoms with Gasteiger partial charge in [0.1, 0.15) is 12.4 Å². The summed E-state index contributed by atoms with van der Waals surface area (Å²) in [6, 6.07) is 7.99. The number of benzene rings is 1. The summed E-state index contributed by atoms with van der Waals surface area (Å²) in [6.45, 7) is 4.42. The number of alkyl carbamates (subject to hydrolysis) is 1. The Morgan fingerprint density at radius 2 is 1.96 bits per heavy atom. The number of aliphatic hydroxyl groups is 1. The summed E-state index contributed by atoms with van der Waals surface area (Å²) in [5.41, 5.74) is 1.23. The Labute approximate surface area is 144 Å². The van der Waals surface area contributed by atoms with Crippen molar-refractivity contribution in [1.29, 1.82) is 0 Å². The number of carbonyl (C=O) groups is 1. The summed E-state index contributed by atoms with van der Waals surface area (Å²) in [6.07, 6.45) is 4.61. The maximum atomic E-state index is 11.3. The molecule has 1 amide bonds. The van der Waals surface area contributed by atoms with Gasteiger partial charge in [-0.2, -0.15) is 0 Å². The number of hydrogen-bond donors (Lipinski definition) is 2. The molecule has 0 aliphatic heterocycles. The third-order valence-corrected chi connectivity index (χ3v) is 4.27. The van der Waals surface area contributed by atoms with Crippen molar-refractivity contribution >= 4 is 6.09 Å². The first-order chi connectivity index (χ1) is 11.5. The number of amides is 1. The first-order valence-corrected chi connectivity index (χ1v) is 8.89. The molecule has 0 aromatic heterocycles. The molecule has 1 aliphatic rings. The van der Waals surface area contributed by atoms with Crippen LogP contribution in [-0.2, 0) is 11.2 Å². The number of carbonyl (C=O) groups excluding carboxylic acids is 1. The van der Waals surface area contributed by atoms with Gasteiger partial charge in [0.25, 0.3) is 0 Å². The molecule has 134 valence electrons. The minimum Gasteiger partial charge on any atom is -0.492 e. The van der Waals surface area contributed by atoms with Crippen LogP contribution in [0.2, 0.25) is 0 Å². The van der Waals surface area contributed by atoms with Crippen LogP contribution in [0.15, 0.2) is 24.3 Å². The Kier molecular flexibility index (Phi) is 7.37. The largest absolute Gasteiger partial charge is 0.492 e. The van der Waals surface area contributed by atoms with Gasteiger partial charge in [-0.1, -0.05) is 25.0 Å². The lowest BCUT2D eigenvalue weighted by Gasteiger charge is -2.27. The van der Waals surface area contributed by atoms with E-state index in [2.05, 4.69) is 17.4 Å². The molecule has 1 fully saturated rings. The van der Waals surface area contributed by atoms with E-state index >= 15 is 0 Å². The number of ether oxygens (including phenoxy) is 2. The van der Waals surface area contributed by atoms with Crippen molar-refractivity contribution in [2.24, 2.45) is 5.92 Å². The summed E-state index contributed by atoms with van der Waals surface area (Å²) in [5.74, 6) is 1.16. The van der Waals surface area contributed by atoms with Gasteiger partial charge in [0, 0.05) is 0 Å². The molecule has 0 spiro atoms. The van der Waals surface area contributed by atoms with Crippen LogP contribution in [0.3, 0.4) is 0 Å². The molecule has 1 saturated carbocycles. The fraction of sp³-hybridized carbons (Fsp3) is 0.632. The summed E-state index contributed by atoms with van der Waals surface area (Å²) in [5, 5.41) is 12.7. The van der Waals surface area contributed by atoms with Crippen molar-refractivity contribution in [1.82, 2.24) is 5.32 Å². The highest BCUT2D eigenvalue weighted by atomic mass is 16.6. The average molecular weight is 335 g/mol. The standard InChI is InChI=1S/C19H29NO4/c1-14(2)24-19(22)20-11-12-23-17-9-7-15(8-10-17)13-16-5-3-4-6-18(16)21/h7-10,14,16,18,21H,3-6,11-13H2,1-2H3,(H,20,22)/t16-,18+/m0/s1. The van der Waals surface area contributed by atoms with Gasteiger partial charge >= 0.3 is 6.09 Å². The van der Waals surface area contributed by atoms with E-state index in [1.807, 2.05) is 26.0 Å². The van der Waals surface area contributed by atoms with E-state index < -0.39 is 6.09 Å². The third kappa shape index (κ3) is 6.40. The third-order valence-electron chi connectivity index (χ3n) is 4.27. The zero-order valence-corrected chi connectivity index (χ0v) is 14.7. The Hall–Kier alpha value is -1.75. The second-order valence-electron chi connectivity index (χ2n) is 6.69. The van der Waals surface area contributed by atoms with Gasteiger partial charge in [-0.3, -0.25) is 0 Å². The molecule has 0 saturated heterocycles. The zero-order chi connectivity index (χ0) is 17.4. The molecule has 24 heavy (non-hydrogen) atoms. The number of hydrogen-bond acceptors (Lipinski definition) is 4. The highest BCUT2D eigenvalue weighted by molar-refractivity contribution is 5.67.